The second kappa shape index (κ2) is 5.83. The first kappa shape index (κ1) is 15.8. The minimum Gasteiger partial charge on any atom is -0.397 e. The number of hydrogen-bond donors (Lipinski definition) is 3. The second-order valence-electron chi connectivity index (χ2n) is 5.45. The van der Waals surface area contributed by atoms with Gasteiger partial charge in [0.15, 0.2) is 0 Å². The number of para-hydroxylation sites is 1. The molecule has 0 aliphatic carbocycles. The molecule has 0 saturated heterocycles. The van der Waals surface area contributed by atoms with Crippen LogP contribution < -0.4 is 16.8 Å². The minimum atomic E-state index is -0.301. The van der Waals surface area contributed by atoms with Crippen molar-refractivity contribution in [2.75, 3.05) is 16.8 Å². The Hall–Kier alpha value is -3.11. The number of benzene rings is 1. The first-order chi connectivity index (χ1) is 11.4. The van der Waals surface area contributed by atoms with Crippen LogP contribution in [0.1, 0.15) is 26.4 Å². The SMILES string of the molecule is Cc1cccc(C)c1NC(=O)c1sc2nc(N)c(C#N)cc2c1N. The van der Waals surface area contributed by atoms with Crippen molar-refractivity contribution < 1.29 is 4.79 Å². The molecule has 2 aromatic heterocycles. The molecular weight excluding hydrogens is 322 g/mol. The number of aryl methyl sites for hydroxylation is 2. The lowest BCUT2D eigenvalue weighted by Gasteiger charge is -2.10. The predicted molar refractivity (Wildman–Crippen MR) is 97.0 cm³/mol. The molecule has 3 rings (SSSR count). The van der Waals surface area contributed by atoms with Gasteiger partial charge in [-0.05, 0) is 31.0 Å². The largest absolute Gasteiger partial charge is 0.397 e. The first-order valence-electron chi connectivity index (χ1n) is 7.18. The summed E-state index contributed by atoms with van der Waals surface area (Å²) >= 11 is 1.16. The van der Waals surface area contributed by atoms with Gasteiger partial charge in [-0.3, -0.25) is 4.79 Å². The summed E-state index contributed by atoms with van der Waals surface area (Å²) in [6, 6.07) is 9.33. The van der Waals surface area contributed by atoms with Crippen molar-refractivity contribution in [1.82, 2.24) is 4.98 Å². The van der Waals surface area contributed by atoms with Gasteiger partial charge >= 0.3 is 0 Å². The van der Waals surface area contributed by atoms with E-state index in [0.717, 1.165) is 28.2 Å². The first-order valence-corrected chi connectivity index (χ1v) is 8.00. The molecule has 0 spiro atoms. The topological polar surface area (TPSA) is 118 Å². The van der Waals surface area contributed by atoms with Crippen molar-refractivity contribution in [1.29, 1.82) is 5.26 Å². The molecule has 1 aromatic carbocycles. The number of nitrogens with one attached hydrogen (secondary N) is 1. The van der Waals surface area contributed by atoms with E-state index in [1.54, 1.807) is 6.07 Å². The van der Waals surface area contributed by atoms with Crippen LogP contribution in [0.4, 0.5) is 17.2 Å². The van der Waals surface area contributed by atoms with Gasteiger partial charge in [-0.2, -0.15) is 5.26 Å². The number of nitrogen functional groups attached to an aromatic ring is 2. The summed E-state index contributed by atoms with van der Waals surface area (Å²) in [6.45, 7) is 3.86. The quantitative estimate of drug-likeness (QED) is 0.663. The van der Waals surface area contributed by atoms with Crippen molar-refractivity contribution >= 4 is 44.7 Å². The number of fused-ring (bicyclic) bond motifs is 1. The fourth-order valence-electron chi connectivity index (χ4n) is 2.49. The number of anilines is 3. The van der Waals surface area contributed by atoms with Crippen molar-refractivity contribution in [3.63, 3.8) is 0 Å². The molecule has 0 radical (unpaired) electrons. The van der Waals surface area contributed by atoms with Crippen LogP contribution in [-0.4, -0.2) is 10.9 Å². The highest BCUT2D eigenvalue weighted by Gasteiger charge is 2.19. The Morgan fingerprint density at radius 3 is 2.58 bits per heavy atom. The highest BCUT2D eigenvalue weighted by molar-refractivity contribution is 7.21. The Kier molecular flexibility index (Phi) is 3.83. The highest BCUT2D eigenvalue weighted by Crippen LogP contribution is 2.35. The zero-order valence-electron chi connectivity index (χ0n) is 13.2. The van der Waals surface area contributed by atoms with Crippen molar-refractivity contribution in [2.45, 2.75) is 13.8 Å². The van der Waals surface area contributed by atoms with Crippen LogP contribution in [0.15, 0.2) is 24.3 Å². The maximum Gasteiger partial charge on any atom is 0.267 e. The van der Waals surface area contributed by atoms with E-state index in [1.807, 2.05) is 38.1 Å². The number of carbonyl (C=O) groups is 1. The van der Waals surface area contributed by atoms with Crippen molar-refractivity contribution in [3.8, 4) is 6.07 Å². The number of nitriles is 1. The standard InChI is InChI=1S/C17H15N5OS/c1-8-4-3-5-9(2)13(8)21-16(23)14-12(19)11-6-10(7-18)15(20)22-17(11)24-14/h3-6H,19H2,1-2H3,(H2,20,22)(H,21,23). The monoisotopic (exact) mass is 337 g/mol. The van der Waals surface area contributed by atoms with Gasteiger partial charge in [0, 0.05) is 11.1 Å². The van der Waals surface area contributed by atoms with Gasteiger partial charge in [0.1, 0.15) is 21.6 Å². The number of rotatable bonds is 2. The molecule has 0 aliphatic rings. The summed E-state index contributed by atoms with van der Waals surface area (Å²) in [4.78, 5) is 17.7. The van der Waals surface area contributed by atoms with Crippen LogP contribution in [0.3, 0.4) is 0 Å². The number of nitrogens with zero attached hydrogens (tertiary/aromatic N) is 2. The zero-order valence-corrected chi connectivity index (χ0v) is 14.0. The smallest absolute Gasteiger partial charge is 0.267 e. The van der Waals surface area contributed by atoms with Gasteiger partial charge in [-0.15, -0.1) is 11.3 Å². The fraction of sp³-hybridized carbons (Fsp3) is 0.118. The number of pyridine rings is 1. The van der Waals surface area contributed by atoms with Crippen LogP contribution in [0.25, 0.3) is 10.2 Å². The number of nitrogens with two attached hydrogens (primary N) is 2. The molecular formula is C17H15N5OS. The number of hydrogen-bond acceptors (Lipinski definition) is 6. The molecule has 0 atom stereocenters. The highest BCUT2D eigenvalue weighted by atomic mass is 32.1. The maximum atomic E-state index is 12.6. The zero-order chi connectivity index (χ0) is 17.4. The normalized spacial score (nSPS) is 10.5. The van der Waals surface area contributed by atoms with Gasteiger partial charge in [0.2, 0.25) is 0 Å². The second-order valence-corrected chi connectivity index (χ2v) is 6.45. The minimum absolute atomic E-state index is 0.132. The van der Waals surface area contributed by atoms with Gasteiger partial charge < -0.3 is 16.8 Å². The van der Waals surface area contributed by atoms with E-state index in [-0.39, 0.29) is 17.3 Å². The summed E-state index contributed by atoms with van der Waals surface area (Å²) < 4.78 is 0. The molecule has 6 nitrogen and oxygen atoms in total. The van der Waals surface area contributed by atoms with Gasteiger partial charge in [-0.25, -0.2) is 4.98 Å². The van der Waals surface area contributed by atoms with Crippen LogP contribution in [0.5, 0.6) is 0 Å². The number of carbonyl (C=O) groups excluding carboxylic acids is 1. The number of thiophene rings is 1. The summed E-state index contributed by atoms with van der Waals surface area (Å²) in [5, 5.41) is 12.5. The Balaban J connectivity index is 2.05. The van der Waals surface area contributed by atoms with E-state index in [1.165, 1.54) is 0 Å². The van der Waals surface area contributed by atoms with Crippen LogP contribution >= 0.6 is 11.3 Å². The third-order valence-electron chi connectivity index (χ3n) is 3.80. The van der Waals surface area contributed by atoms with Gasteiger partial charge in [0.05, 0.1) is 11.3 Å². The summed E-state index contributed by atoms with van der Waals surface area (Å²) in [7, 11) is 0. The van der Waals surface area contributed by atoms with Gasteiger partial charge in [0.25, 0.3) is 5.91 Å². The lowest BCUT2D eigenvalue weighted by atomic mass is 10.1. The molecule has 2 heterocycles. The number of amides is 1. The molecule has 0 fully saturated rings. The molecule has 0 aliphatic heterocycles. The Morgan fingerprint density at radius 1 is 1.29 bits per heavy atom. The molecule has 3 aromatic rings. The van der Waals surface area contributed by atoms with E-state index < -0.39 is 0 Å². The average molecular weight is 337 g/mol. The fourth-order valence-corrected chi connectivity index (χ4v) is 3.47. The Labute approximate surface area is 142 Å². The summed E-state index contributed by atoms with van der Waals surface area (Å²) in [5.41, 5.74) is 15.1. The molecule has 0 saturated carbocycles. The van der Waals surface area contributed by atoms with Gasteiger partial charge in [-0.1, -0.05) is 18.2 Å². The lowest BCUT2D eigenvalue weighted by Crippen LogP contribution is -2.13. The van der Waals surface area contributed by atoms with Crippen molar-refractivity contribution in [3.05, 3.63) is 45.8 Å². The average Bonchev–Trinajstić information content (AvgIpc) is 2.86. The molecule has 120 valence electrons. The van der Waals surface area contributed by atoms with E-state index in [9.17, 15) is 4.79 Å². The molecule has 24 heavy (non-hydrogen) atoms. The molecule has 0 bridgehead atoms. The molecule has 1 amide bonds. The van der Waals surface area contributed by atoms with E-state index in [2.05, 4.69) is 10.3 Å². The van der Waals surface area contributed by atoms with Crippen LogP contribution in [0, 0.1) is 25.2 Å². The lowest BCUT2D eigenvalue weighted by molar-refractivity contribution is 0.103. The van der Waals surface area contributed by atoms with E-state index >= 15 is 0 Å². The Bertz CT molecular complexity index is 996. The molecule has 5 N–H and O–H groups in total. The maximum absolute atomic E-state index is 12.6. The molecule has 0 unspecified atom stereocenters. The Morgan fingerprint density at radius 2 is 1.96 bits per heavy atom. The van der Waals surface area contributed by atoms with Crippen LogP contribution in [0.2, 0.25) is 0 Å². The summed E-state index contributed by atoms with van der Waals surface area (Å²) in [5.74, 6) is -0.169. The predicted octanol–water partition coefficient (Wildman–Crippen LogP) is 3.20. The van der Waals surface area contributed by atoms with Crippen molar-refractivity contribution in [2.24, 2.45) is 0 Å². The molecule has 7 heteroatoms. The van der Waals surface area contributed by atoms with E-state index in [0.29, 0.717) is 20.8 Å². The number of aromatic nitrogens is 1. The van der Waals surface area contributed by atoms with E-state index in [4.69, 9.17) is 16.7 Å². The third kappa shape index (κ3) is 2.53. The summed E-state index contributed by atoms with van der Waals surface area (Å²) in [6.07, 6.45) is 0. The van der Waals surface area contributed by atoms with Crippen LogP contribution in [-0.2, 0) is 0 Å². The third-order valence-corrected chi connectivity index (χ3v) is 4.91.